The van der Waals surface area contributed by atoms with Crippen molar-refractivity contribution in [1.29, 1.82) is 0 Å². The highest BCUT2D eigenvalue weighted by Crippen LogP contribution is 2.74. The van der Waals surface area contributed by atoms with Gasteiger partial charge in [0.15, 0.2) is 5.78 Å². The molecule has 0 heterocycles. The highest BCUT2D eigenvalue weighted by Gasteiger charge is 2.68. The van der Waals surface area contributed by atoms with Gasteiger partial charge in [0.05, 0.1) is 0 Å². The minimum Gasteiger partial charge on any atom is -0.508 e. The minimum atomic E-state index is -0.0681. The Morgan fingerprint density at radius 3 is 2.58 bits per heavy atom. The lowest BCUT2D eigenvalue weighted by molar-refractivity contribution is -0.123. The molecule has 3 aliphatic rings. The first-order valence-corrected chi connectivity index (χ1v) is 9.95. The zero-order valence-corrected chi connectivity index (χ0v) is 16.1. The number of Topliss-reactive ketones (excluding diaryl/α,β-unsaturated/α-hetero) is 1. The zero-order chi connectivity index (χ0) is 18.7. The Labute approximate surface area is 156 Å². The van der Waals surface area contributed by atoms with E-state index in [0.29, 0.717) is 35.7 Å². The average molecular weight is 354 g/mol. The number of aliphatic hydroxyl groups excluding tert-OH is 1. The van der Waals surface area contributed by atoms with Crippen molar-refractivity contribution in [2.45, 2.75) is 52.9 Å². The fourth-order valence-electron chi connectivity index (χ4n) is 6.71. The summed E-state index contributed by atoms with van der Waals surface area (Å²) in [6, 6.07) is 7.51. The molecule has 5 unspecified atom stereocenters. The molecule has 0 aromatic heterocycles. The highest BCUT2D eigenvalue weighted by molar-refractivity contribution is 6.00. The quantitative estimate of drug-likeness (QED) is 0.849. The van der Waals surface area contributed by atoms with Crippen molar-refractivity contribution in [3.8, 4) is 5.75 Å². The largest absolute Gasteiger partial charge is 0.508 e. The Balaban J connectivity index is 1.71. The van der Waals surface area contributed by atoms with Crippen LogP contribution in [0.1, 0.15) is 52.0 Å². The van der Waals surface area contributed by atoms with Crippen molar-refractivity contribution in [2.75, 3.05) is 6.61 Å². The molecule has 3 nitrogen and oxygen atoms in total. The highest BCUT2D eigenvalue weighted by atomic mass is 16.3. The van der Waals surface area contributed by atoms with Crippen LogP contribution < -0.4 is 0 Å². The fourth-order valence-corrected chi connectivity index (χ4v) is 6.71. The summed E-state index contributed by atoms with van der Waals surface area (Å²) in [5, 5.41) is 19.5. The molecule has 140 valence electrons. The number of rotatable bonds is 4. The number of aromatic hydroxyl groups is 1. The van der Waals surface area contributed by atoms with E-state index in [0.717, 1.165) is 31.3 Å². The number of phenolic OH excluding ortho intramolecular Hbond substituents is 1. The molecule has 3 heteroatoms. The first-order chi connectivity index (χ1) is 12.3. The number of carbonyl (C=O) groups excluding carboxylic acids is 1. The van der Waals surface area contributed by atoms with Crippen LogP contribution in [0.2, 0.25) is 0 Å². The summed E-state index contributed by atoms with van der Waals surface area (Å²) >= 11 is 0. The molecule has 5 atom stereocenters. The third-order valence-electron chi connectivity index (χ3n) is 8.40. The summed E-state index contributed by atoms with van der Waals surface area (Å²) in [5.74, 6) is 1.81. The van der Waals surface area contributed by atoms with Crippen LogP contribution >= 0.6 is 0 Å². The van der Waals surface area contributed by atoms with Gasteiger partial charge in [-0.15, -0.1) is 0 Å². The van der Waals surface area contributed by atoms with Gasteiger partial charge in [0.2, 0.25) is 0 Å². The van der Waals surface area contributed by atoms with Crippen LogP contribution in [0.5, 0.6) is 5.75 Å². The summed E-state index contributed by atoms with van der Waals surface area (Å²) in [4.78, 5) is 12.7. The van der Waals surface area contributed by atoms with Gasteiger partial charge in [-0.1, -0.05) is 31.6 Å². The van der Waals surface area contributed by atoms with E-state index in [1.54, 1.807) is 12.1 Å². The number of carbonyl (C=O) groups is 1. The molecule has 0 saturated heterocycles. The molecular formula is C23H30O3. The summed E-state index contributed by atoms with van der Waals surface area (Å²) in [6.07, 6.45) is 4.75. The van der Waals surface area contributed by atoms with E-state index in [4.69, 9.17) is 0 Å². The Kier molecular flexibility index (Phi) is 4.07. The topological polar surface area (TPSA) is 57.5 Å². The molecule has 0 radical (unpaired) electrons. The van der Waals surface area contributed by atoms with Crippen LogP contribution in [0.3, 0.4) is 0 Å². The lowest BCUT2D eigenvalue weighted by Gasteiger charge is -2.55. The second-order valence-electron chi connectivity index (χ2n) is 9.13. The number of ketones is 1. The molecule has 0 amide bonds. The van der Waals surface area contributed by atoms with Crippen molar-refractivity contribution >= 4 is 5.78 Å². The molecule has 2 N–H and O–H groups in total. The van der Waals surface area contributed by atoms with Crippen molar-refractivity contribution in [3.63, 3.8) is 0 Å². The monoisotopic (exact) mass is 354 g/mol. The fraction of sp³-hybridized carbons (Fsp3) is 0.609. The molecule has 1 aromatic carbocycles. The molecule has 4 rings (SSSR count). The van der Waals surface area contributed by atoms with Crippen LogP contribution in [0, 0.1) is 28.6 Å². The molecule has 26 heavy (non-hydrogen) atoms. The minimum absolute atomic E-state index is 0.0681. The molecule has 2 fully saturated rings. The second kappa shape index (κ2) is 5.95. The van der Waals surface area contributed by atoms with E-state index in [1.807, 2.05) is 19.1 Å². The third kappa shape index (κ3) is 2.19. The van der Waals surface area contributed by atoms with E-state index in [2.05, 4.69) is 13.8 Å². The van der Waals surface area contributed by atoms with Gasteiger partial charge in [0.1, 0.15) is 5.75 Å². The molecule has 1 aromatic rings. The van der Waals surface area contributed by atoms with Gasteiger partial charge in [-0.05, 0) is 79.0 Å². The summed E-state index contributed by atoms with van der Waals surface area (Å²) < 4.78 is 0. The van der Waals surface area contributed by atoms with Crippen LogP contribution in [0.4, 0.5) is 0 Å². The number of hydrogen-bond donors (Lipinski definition) is 2. The molecule has 2 bridgehead atoms. The predicted octanol–water partition coefficient (Wildman–Crippen LogP) is 4.28. The van der Waals surface area contributed by atoms with E-state index < -0.39 is 0 Å². The van der Waals surface area contributed by atoms with Gasteiger partial charge in [0.25, 0.3) is 0 Å². The van der Waals surface area contributed by atoms with E-state index in [-0.39, 0.29) is 17.4 Å². The third-order valence-corrected chi connectivity index (χ3v) is 8.40. The van der Waals surface area contributed by atoms with Gasteiger partial charge in [-0.2, -0.15) is 0 Å². The SMILES string of the molecule is CC1=C2CC3CC(CO)C(C)C2(CC1=O)C3(C)CCc1ccc(O)cc1. The number of aliphatic hydroxyl groups is 1. The molecule has 3 aliphatic carbocycles. The Morgan fingerprint density at radius 2 is 1.92 bits per heavy atom. The van der Waals surface area contributed by atoms with E-state index in [1.165, 1.54) is 11.1 Å². The average Bonchev–Trinajstić information content (AvgIpc) is 2.96. The maximum absolute atomic E-state index is 12.7. The Bertz CT molecular complexity index is 762. The van der Waals surface area contributed by atoms with Crippen molar-refractivity contribution < 1.29 is 15.0 Å². The molecular weight excluding hydrogens is 324 g/mol. The van der Waals surface area contributed by atoms with E-state index >= 15 is 0 Å². The second-order valence-corrected chi connectivity index (χ2v) is 9.13. The molecule has 1 spiro atoms. The first kappa shape index (κ1) is 17.8. The maximum atomic E-state index is 12.7. The maximum Gasteiger partial charge on any atom is 0.159 e. The van der Waals surface area contributed by atoms with Crippen molar-refractivity contribution in [2.24, 2.45) is 28.6 Å². The summed E-state index contributed by atoms with van der Waals surface area (Å²) in [7, 11) is 0. The summed E-state index contributed by atoms with van der Waals surface area (Å²) in [6.45, 7) is 6.93. The zero-order valence-electron chi connectivity index (χ0n) is 16.1. The van der Waals surface area contributed by atoms with Gasteiger partial charge >= 0.3 is 0 Å². The van der Waals surface area contributed by atoms with E-state index in [9.17, 15) is 15.0 Å². The van der Waals surface area contributed by atoms with Gasteiger partial charge in [-0.25, -0.2) is 0 Å². The number of hydrogen-bond acceptors (Lipinski definition) is 3. The van der Waals surface area contributed by atoms with Gasteiger partial charge in [0, 0.05) is 18.4 Å². The number of allylic oxidation sites excluding steroid dienone is 2. The normalized spacial score (nSPS) is 38.8. The Hall–Kier alpha value is -1.61. The first-order valence-electron chi connectivity index (χ1n) is 9.95. The van der Waals surface area contributed by atoms with Crippen LogP contribution in [0.25, 0.3) is 0 Å². The van der Waals surface area contributed by atoms with Crippen molar-refractivity contribution in [1.82, 2.24) is 0 Å². The van der Waals surface area contributed by atoms with Crippen molar-refractivity contribution in [3.05, 3.63) is 41.0 Å². The van der Waals surface area contributed by atoms with Gasteiger partial charge < -0.3 is 10.2 Å². The standard InChI is InChI=1S/C23H30O3/c1-14-20-11-18-10-17(13-24)15(2)23(20,12-21(14)26)22(18,3)9-8-16-4-6-19(25)7-5-16/h4-7,15,17-18,24-25H,8-13H2,1-3H3. The van der Waals surface area contributed by atoms with Gasteiger partial charge in [-0.3, -0.25) is 4.79 Å². The molecule has 2 saturated carbocycles. The molecule has 0 aliphatic heterocycles. The smallest absolute Gasteiger partial charge is 0.159 e. The number of aryl methyl sites for hydroxylation is 1. The Morgan fingerprint density at radius 1 is 1.23 bits per heavy atom. The predicted molar refractivity (Wildman–Crippen MR) is 102 cm³/mol. The lowest BCUT2D eigenvalue weighted by atomic mass is 9.48. The van der Waals surface area contributed by atoms with Crippen LogP contribution in [-0.4, -0.2) is 22.6 Å². The number of phenols is 1. The number of benzene rings is 1. The van der Waals surface area contributed by atoms with Crippen LogP contribution in [-0.2, 0) is 11.2 Å². The lowest BCUT2D eigenvalue weighted by Crippen LogP contribution is -2.51. The summed E-state index contributed by atoms with van der Waals surface area (Å²) in [5.41, 5.74) is 3.68. The number of fused-ring (bicyclic) bond motifs is 1. The van der Waals surface area contributed by atoms with Crippen LogP contribution in [0.15, 0.2) is 35.4 Å².